The Balaban J connectivity index is 1.97. The van der Waals surface area contributed by atoms with Gasteiger partial charge in [0.25, 0.3) is 0 Å². The van der Waals surface area contributed by atoms with E-state index in [0.29, 0.717) is 5.92 Å². The predicted molar refractivity (Wildman–Crippen MR) is 75.4 cm³/mol. The number of aromatic nitrogens is 1. The van der Waals surface area contributed by atoms with Crippen molar-refractivity contribution in [2.45, 2.75) is 39.2 Å². The van der Waals surface area contributed by atoms with Gasteiger partial charge >= 0.3 is 0 Å². The Kier molecular flexibility index (Phi) is 5.16. The first kappa shape index (κ1) is 14.3. The predicted octanol–water partition coefficient (Wildman–Crippen LogP) is 2.09. The van der Waals surface area contributed by atoms with Gasteiger partial charge in [-0.3, -0.25) is 4.98 Å². The Hall–Kier alpha value is -1.13. The molecule has 2 rings (SSSR count). The number of rotatable bonds is 5. The van der Waals surface area contributed by atoms with Crippen LogP contribution in [0.15, 0.2) is 12.1 Å². The van der Waals surface area contributed by atoms with Crippen LogP contribution in [0.4, 0.5) is 0 Å². The van der Waals surface area contributed by atoms with Crippen LogP contribution in [0.5, 0.6) is 5.75 Å². The quantitative estimate of drug-likeness (QED) is 0.884. The Morgan fingerprint density at radius 3 is 2.84 bits per heavy atom. The average molecular weight is 264 g/mol. The van der Waals surface area contributed by atoms with Gasteiger partial charge in [0.15, 0.2) is 0 Å². The number of nitrogens with two attached hydrogens (primary N) is 1. The zero-order valence-corrected chi connectivity index (χ0v) is 11.9. The van der Waals surface area contributed by atoms with Gasteiger partial charge in [-0.2, -0.15) is 0 Å². The van der Waals surface area contributed by atoms with Crippen LogP contribution in [0.3, 0.4) is 0 Å². The van der Waals surface area contributed by atoms with Gasteiger partial charge in [-0.15, -0.1) is 0 Å². The monoisotopic (exact) mass is 264 g/mol. The van der Waals surface area contributed by atoms with E-state index in [-0.39, 0.29) is 6.04 Å². The average Bonchev–Trinajstić information content (AvgIpc) is 2.38. The minimum Gasteiger partial charge on any atom is -0.491 e. The molecular weight excluding hydrogens is 240 g/mol. The van der Waals surface area contributed by atoms with Crippen LogP contribution in [0, 0.1) is 12.8 Å². The molecule has 0 aliphatic carbocycles. The van der Waals surface area contributed by atoms with Gasteiger partial charge in [-0.25, -0.2) is 0 Å². The van der Waals surface area contributed by atoms with Crippen LogP contribution in [-0.2, 0) is 11.2 Å². The molecule has 1 aliphatic heterocycles. The van der Waals surface area contributed by atoms with E-state index in [1.54, 1.807) is 0 Å². The third-order valence-corrected chi connectivity index (χ3v) is 3.40. The van der Waals surface area contributed by atoms with Gasteiger partial charge in [0.1, 0.15) is 5.75 Å². The first-order chi connectivity index (χ1) is 9.15. The molecule has 2 N–H and O–H groups in total. The van der Waals surface area contributed by atoms with Gasteiger partial charge in [0, 0.05) is 31.4 Å². The Morgan fingerprint density at radius 2 is 2.16 bits per heavy atom. The van der Waals surface area contributed by atoms with Crippen LogP contribution in [-0.4, -0.2) is 30.8 Å². The van der Waals surface area contributed by atoms with Crippen LogP contribution in [0.25, 0.3) is 0 Å². The second kappa shape index (κ2) is 6.87. The summed E-state index contributed by atoms with van der Waals surface area (Å²) in [5.74, 6) is 1.48. The molecule has 4 nitrogen and oxygen atoms in total. The van der Waals surface area contributed by atoms with Gasteiger partial charge < -0.3 is 15.2 Å². The zero-order chi connectivity index (χ0) is 13.7. The van der Waals surface area contributed by atoms with Crippen molar-refractivity contribution in [3.05, 3.63) is 23.5 Å². The lowest BCUT2D eigenvalue weighted by Gasteiger charge is -2.22. The number of nitrogens with zero attached hydrogens (tertiary/aromatic N) is 1. The molecule has 1 saturated heterocycles. The summed E-state index contributed by atoms with van der Waals surface area (Å²) < 4.78 is 11.3. The van der Waals surface area contributed by atoms with Crippen molar-refractivity contribution >= 4 is 0 Å². The summed E-state index contributed by atoms with van der Waals surface area (Å²) in [6.07, 6.45) is 2.93. The van der Waals surface area contributed by atoms with E-state index in [4.69, 9.17) is 15.2 Å². The van der Waals surface area contributed by atoms with Gasteiger partial charge in [0.2, 0.25) is 0 Å². The highest BCUT2D eigenvalue weighted by atomic mass is 16.5. The SMILES string of the molecule is Cc1ccc(OCC2CCOCC2)c(CC(C)N)n1. The summed E-state index contributed by atoms with van der Waals surface area (Å²) >= 11 is 0. The molecular formula is C15H24N2O2. The summed E-state index contributed by atoms with van der Waals surface area (Å²) in [5, 5.41) is 0. The maximum atomic E-state index is 5.96. The van der Waals surface area contributed by atoms with Crippen molar-refractivity contribution in [3.8, 4) is 5.75 Å². The molecule has 1 atom stereocenters. The molecule has 19 heavy (non-hydrogen) atoms. The van der Waals surface area contributed by atoms with E-state index >= 15 is 0 Å². The summed E-state index contributed by atoms with van der Waals surface area (Å²) in [7, 11) is 0. The molecule has 4 heteroatoms. The molecule has 1 unspecified atom stereocenters. The number of hydrogen-bond acceptors (Lipinski definition) is 4. The van der Waals surface area contributed by atoms with Crippen molar-refractivity contribution in [1.82, 2.24) is 4.98 Å². The van der Waals surface area contributed by atoms with E-state index in [0.717, 1.165) is 56.2 Å². The van der Waals surface area contributed by atoms with E-state index in [1.165, 1.54) is 0 Å². The maximum Gasteiger partial charge on any atom is 0.140 e. The van der Waals surface area contributed by atoms with Crippen molar-refractivity contribution in [2.24, 2.45) is 11.7 Å². The summed E-state index contributed by atoms with van der Waals surface area (Å²) in [5.41, 5.74) is 7.85. The highest BCUT2D eigenvalue weighted by molar-refractivity contribution is 5.29. The minimum atomic E-state index is 0.0970. The minimum absolute atomic E-state index is 0.0970. The summed E-state index contributed by atoms with van der Waals surface area (Å²) in [6.45, 7) is 6.44. The van der Waals surface area contributed by atoms with Gasteiger partial charge in [-0.05, 0) is 44.7 Å². The fourth-order valence-electron chi connectivity index (χ4n) is 2.30. The Morgan fingerprint density at radius 1 is 1.42 bits per heavy atom. The molecule has 1 aromatic heterocycles. The van der Waals surface area contributed by atoms with Crippen LogP contribution in [0.2, 0.25) is 0 Å². The summed E-state index contributed by atoms with van der Waals surface area (Å²) in [4.78, 5) is 4.55. The van der Waals surface area contributed by atoms with Crippen LogP contribution in [0.1, 0.15) is 31.2 Å². The fourth-order valence-corrected chi connectivity index (χ4v) is 2.30. The molecule has 1 aliphatic rings. The molecule has 2 heterocycles. The van der Waals surface area contributed by atoms with Crippen molar-refractivity contribution < 1.29 is 9.47 Å². The lowest BCUT2D eigenvalue weighted by atomic mass is 10.0. The van der Waals surface area contributed by atoms with E-state index in [2.05, 4.69) is 4.98 Å². The van der Waals surface area contributed by atoms with E-state index in [1.807, 2.05) is 26.0 Å². The smallest absolute Gasteiger partial charge is 0.140 e. The first-order valence-electron chi connectivity index (χ1n) is 7.08. The number of pyridine rings is 1. The standard InChI is InChI=1S/C15H24N2O2/c1-11(16)9-14-15(4-3-12(2)17-14)19-10-13-5-7-18-8-6-13/h3-4,11,13H,5-10,16H2,1-2H3. The zero-order valence-electron chi connectivity index (χ0n) is 11.9. The number of ether oxygens (including phenoxy) is 2. The van der Waals surface area contributed by atoms with Crippen molar-refractivity contribution in [2.75, 3.05) is 19.8 Å². The van der Waals surface area contributed by atoms with E-state index in [9.17, 15) is 0 Å². The summed E-state index contributed by atoms with van der Waals surface area (Å²) in [6, 6.07) is 4.10. The first-order valence-corrected chi connectivity index (χ1v) is 7.08. The van der Waals surface area contributed by atoms with Crippen molar-refractivity contribution in [1.29, 1.82) is 0 Å². The van der Waals surface area contributed by atoms with E-state index < -0.39 is 0 Å². The molecule has 0 amide bonds. The lowest BCUT2D eigenvalue weighted by molar-refractivity contribution is 0.0495. The molecule has 1 aromatic rings. The normalized spacial score (nSPS) is 18.3. The van der Waals surface area contributed by atoms with Crippen LogP contribution >= 0.6 is 0 Å². The number of hydrogen-bond donors (Lipinski definition) is 1. The van der Waals surface area contributed by atoms with Crippen LogP contribution < -0.4 is 10.5 Å². The van der Waals surface area contributed by atoms with Gasteiger partial charge in [-0.1, -0.05) is 0 Å². The van der Waals surface area contributed by atoms with Crippen molar-refractivity contribution in [3.63, 3.8) is 0 Å². The molecule has 106 valence electrons. The second-order valence-corrected chi connectivity index (χ2v) is 5.45. The van der Waals surface area contributed by atoms with Gasteiger partial charge in [0.05, 0.1) is 12.3 Å². The lowest BCUT2D eigenvalue weighted by Crippen LogP contribution is -2.23. The molecule has 1 fully saturated rings. The third kappa shape index (κ3) is 4.48. The molecule has 0 aromatic carbocycles. The maximum absolute atomic E-state index is 5.96. The Labute approximate surface area is 115 Å². The Bertz CT molecular complexity index is 401. The third-order valence-electron chi connectivity index (χ3n) is 3.40. The molecule has 0 bridgehead atoms. The number of aryl methyl sites for hydroxylation is 1. The fraction of sp³-hybridized carbons (Fsp3) is 0.667. The molecule has 0 spiro atoms. The largest absolute Gasteiger partial charge is 0.491 e. The topological polar surface area (TPSA) is 57.4 Å². The molecule has 0 saturated carbocycles. The highest BCUT2D eigenvalue weighted by Gasteiger charge is 2.16. The second-order valence-electron chi connectivity index (χ2n) is 5.45. The highest BCUT2D eigenvalue weighted by Crippen LogP contribution is 2.21. The molecule has 0 radical (unpaired) electrons.